The molecule has 8 heteroatoms. The first-order chi connectivity index (χ1) is 8.29. The van der Waals surface area contributed by atoms with Crippen molar-refractivity contribution in [2.75, 3.05) is 0 Å². The fourth-order valence-corrected chi connectivity index (χ4v) is 2.99. The Bertz CT molecular complexity index is 619. The highest BCUT2D eigenvalue weighted by molar-refractivity contribution is 7.89. The highest BCUT2D eigenvalue weighted by Crippen LogP contribution is 2.26. The summed E-state index contributed by atoms with van der Waals surface area (Å²) in [6.45, 7) is 2.81. The van der Waals surface area contributed by atoms with E-state index in [4.69, 9.17) is 5.26 Å². The number of benzene rings is 1. The maximum atomic E-state index is 12.0. The van der Waals surface area contributed by atoms with Gasteiger partial charge in [-0.15, -0.1) is 0 Å². The van der Waals surface area contributed by atoms with Crippen molar-refractivity contribution in [3.05, 3.63) is 33.9 Å². The zero-order valence-corrected chi connectivity index (χ0v) is 10.6. The Hall–Kier alpha value is -1.98. The van der Waals surface area contributed by atoms with Crippen LogP contribution < -0.4 is 4.72 Å². The van der Waals surface area contributed by atoms with Gasteiger partial charge in [0.15, 0.2) is 4.90 Å². The van der Waals surface area contributed by atoms with E-state index in [1.807, 2.05) is 0 Å². The molecule has 1 atom stereocenters. The first-order valence-corrected chi connectivity index (χ1v) is 6.44. The fourth-order valence-electron chi connectivity index (χ4n) is 1.45. The van der Waals surface area contributed by atoms with E-state index in [-0.39, 0.29) is 5.56 Å². The zero-order chi connectivity index (χ0) is 13.9. The van der Waals surface area contributed by atoms with Gasteiger partial charge in [-0.3, -0.25) is 10.1 Å². The van der Waals surface area contributed by atoms with Gasteiger partial charge in [0, 0.05) is 6.07 Å². The van der Waals surface area contributed by atoms with Crippen LogP contribution in [0.15, 0.2) is 23.1 Å². The van der Waals surface area contributed by atoms with Crippen LogP contribution in [-0.2, 0) is 10.0 Å². The molecule has 0 aromatic heterocycles. The van der Waals surface area contributed by atoms with Crippen molar-refractivity contribution >= 4 is 15.7 Å². The molecule has 0 aliphatic carbocycles. The quantitative estimate of drug-likeness (QED) is 0.649. The fraction of sp³-hybridized carbons (Fsp3) is 0.300. The number of nitro benzene ring substituents is 1. The molecule has 1 unspecified atom stereocenters. The minimum absolute atomic E-state index is 0.252. The average Bonchev–Trinajstić information content (AvgIpc) is 2.27. The number of nitro groups is 1. The second-order valence-corrected chi connectivity index (χ2v) is 5.30. The molecule has 1 aromatic rings. The molecule has 7 nitrogen and oxygen atoms in total. The molecule has 18 heavy (non-hydrogen) atoms. The van der Waals surface area contributed by atoms with Crippen LogP contribution in [0.4, 0.5) is 5.69 Å². The van der Waals surface area contributed by atoms with Crippen molar-refractivity contribution in [1.82, 2.24) is 4.72 Å². The molecule has 0 radical (unpaired) electrons. The van der Waals surface area contributed by atoms with Gasteiger partial charge in [-0.25, -0.2) is 8.42 Å². The monoisotopic (exact) mass is 269 g/mol. The summed E-state index contributed by atoms with van der Waals surface area (Å²) in [7, 11) is -4.09. The molecule has 0 saturated carbocycles. The number of hydrogen-bond donors (Lipinski definition) is 1. The van der Waals surface area contributed by atoms with E-state index < -0.39 is 31.6 Å². The minimum Gasteiger partial charge on any atom is -0.258 e. The number of rotatable bonds is 4. The van der Waals surface area contributed by atoms with Gasteiger partial charge in [-0.1, -0.05) is 12.1 Å². The van der Waals surface area contributed by atoms with Crippen LogP contribution in [0.2, 0.25) is 0 Å². The van der Waals surface area contributed by atoms with Crippen LogP contribution in [0.3, 0.4) is 0 Å². The van der Waals surface area contributed by atoms with Crippen molar-refractivity contribution in [3.8, 4) is 6.07 Å². The summed E-state index contributed by atoms with van der Waals surface area (Å²) in [5.41, 5.74) is -0.255. The molecule has 0 amide bonds. The predicted octanol–water partition coefficient (Wildman–Crippen LogP) is 1.09. The molecule has 1 rings (SSSR count). The summed E-state index contributed by atoms with van der Waals surface area (Å²) in [6, 6.07) is 4.70. The summed E-state index contributed by atoms with van der Waals surface area (Å²) in [4.78, 5) is 9.65. The van der Waals surface area contributed by atoms with E-state index in [2.05, 4.69) is 4.72 Å². The van der Waals surface area contributed by atoms with Crippen molar-refractivity contribution < 1.29 is 13.3 Å². The van der Waals surface area contributed by atoms with Gasteiger partial charge < -0.3 is 0 Å². The Balaban J connectivity index is 3.41. The van der Waals surface area contributed by atoms with E-state index in [1.165, 1.54) is 26.0 Å². The second-order valence-electron chi connectivity index (χ2n) is 3.65. The van der Waals surface area contributed by atoms with Gasteiger partial charge in [0.2, 0.25) is 10.0 Å². The average molecular weight is 269 g/mol. The van der Waals surface area contributed by atoms with Crippen molar-refractivity contribution in [3.63, 3.8) is 0 Å². The number of nitrogens with one attached hydrogen (secondary N) is 1. The van der Waals surface area contributed by atoms with E-state index in [0.717, 1.165) is 6.07 Å². The molecule has 0 heterocycles. The highest BCUT2D eigenvalue weighted by atomic mass is 32.2. The van der Waals surface area contributed by atoms with Crippen LogP contribution in [0.5, 0.6) is 0 Å². The van der Waals surface area contributed by atoms with Gasteiger partial charge in [0.1, 0.15) is 6.04 Å². The maximum absolute atomic E-state index is 12.0. The number of hydrogen-bond acceptors (Lipinski definition) is 5. The first kappa shape index (κ1) is 14.1. The molecular weight excluding hydrogens is 258 g/mol. The minimum atomic E-state index is -4.09. The highest BCUT2D eigenvalue weighted by Gasteiger charge is 2.28. The van der Waals surface area contributed by atoms with Gasteiger partial charge >= 0.3 is 0 Å². The number of sulfonamides is 1. The topological polar surface area (TPSA) is 113 Å². The van der Waals surface area contributed by atoms with Gasteiger partial charge in [-0.05, 0) is 19.4 Å². The molecule has 0 aliphatic heterocycles. The smallest absolute Gasteiger partial charge is 0.258 e. The Morgan fingerprint density at radius 2 is 2.11 bits per heavy atom. The Labute approximate surface area is 104 Å². The predicted molar refractivity (Wildman–Crippen MR) is 63.2 cm³/mol. The van der Waals surface area contributed by atoms with Crippen LogP contribution in [0.1, 0.15) is 12.5 Å². The number of nitriles is 1. The lowest BCUT2D eigenvalue weighted by molar-refractivity contribution is -0.387. The van der Waals surface area contributed by atoms with Crippen molar-refractivity contribution in [1.29, 1.82) is 5.26 Å². The lowest BCUT2D eigenvalue weighted by Crippen LogP contribution is -2.32. The summed E-state index contributed by atoms with van der Waals surface area (Å²) < 4.78 is 26.0. The van der Waals surface area contributed by atoms with Crippen LogP contribution in [0, 0.1) is 28.4 Å². The van der Waals surface area contributed by atoms with Crippen LogP contribution in [-0.4, -0.2) is 19.4 Å². The standard InChI is InChI=1S/C10H11N3O4S/c1-7-4-3-5-9(13(14)15)10(7)18(16,17)12-8(2)6-11/h3-5,8,12H,1-2H3. The van der Waals surface area contributed by atoms with E-state index in [1.54, 1.807) is 6.07 Å². The number of nitrogens with zero attached hydrogens (tertiary/aromatic N) is 2. The molecule has 0 spiro atoms. The third kappa shape index (κ3) is 2.82. The van der Waals surface area contributed by atoms with Gasteiger partial charge in [0.05, 0.1) is 11.0 Å². The van der Waals surface area contributed by atoms with Gasteiger partial charge in [-0.2, -0.15) is 9.98 Å². The molecule has 0 aliphatic rings. The largest absolute Gasteiger partial charge is 0.289 e. The third-order valence-corrected chi connectivity index (χ3v) is 3.91. The molecular formula is C10H11N3O4S. The maximum Gasteiger partial charge on any atom is 0.289 e. The van der Waals surface area contributed by atoms with Crippen LogP contribution >= 0.6 is 0 Å². The van der Waals surface area contributed by atoms with E-state index in [9.17, 15) is 18.5 Å². The molecule has 1 N–H and O–H groups in total. The molecule has 0 saturated heterocycles. The molecule has 1 aromatic carbocycles. The molecule has 0 bridgehead atoms. The summed E-state index contributed by atoms with van der Waals surface area (Å²) in [5.74, 6) is 0. The normalized spacial score (nSPS) is 12.7. The third-order valence-electron chi connectivity index (χ3n) is 2.18. The Morgan fingerprint density at radius 1 is 1.50 bits per heavy atom. The lowest BCUT2D eigenvalue weighted by Gasteiger charge is -2.10. The van der Waals surface area contributed by atoms with E-state index in [0.29, 0.717) is 0 Å². The van der Waals surface area contributed by atoms with Crippen LogP contribution in [0.25, 0.3) is 0 Å². The van der Waals surface area contributed by atoms with Crippen molar-refractivity contribution in [2.45, 2.75) is 24.8 Å². The lowest BCUT2D eigenvalue weighted by atomic mass is 10.2. The number of aryl methyl sites for hydroxylation is 1. The van der Waals surface area contributed by atoms with E-state index >= 15 is 0 Å². The first-order valence-electron chi connectivity index (χ1n) is 4.95. The van der Waals surface area contributed by atoms with Gasteiger partial charge in [0.25, 0.3) is 5.69 Å². The summed E-state index contributed by atoms with van der Waals surface area (Å²) >= 11 is 0. The Kier molecular flexibility index (Phi) is 4.00. The summed E-state index contributed by atoms with van der Waals surface area (Å²) in [5, 5.41) is 19.4. The van der Waals surface area contributed by atoms with Crippen molar-refractivity contribution in [2.24, 2.45) is 0 Å². The molecule has 0 fully saturated rings. The molecule has 96 valence electrons. The Morgan fingerprint density at radius 3 is 2.61 bits per heavy atom. The second kappa shape index (κ2) is 5.12. The summed E-state index contributed by atoms with van der Waals surface area (Å²) in [6.07, 6.45) is 0. The zero-order valence-electron chi connectivity index (χ0n) is 9.75. The SMILES string of the molecule is Cc1cccc([N+](=O)[O-])c1S(=O)(=O)NC(C)C#N.